The van der Waals surface area contributed by atoms with Crippen molar-refractivity contribution >= 4 is 18.0 Å². The number of benzene rings is 2. The fraction of sp³-hybridized carbons (Fsp3) is 0.375. The first kappa shape index (κ1) is 21.8. The number of amides is 2. The van der Waals surface area contributed by atoms with Gasteiger partial charge in [-0.15, -0.1) is 0 Å². The van der Waals surface area contributed by atoms with Crippen LogP contribution in [0.25, 0.3) is 11.1 Å². The molecule has 2 aliphatic rings. The highest BCUT2D eigenvalue weighted by atomic mass is 16.5. The van der Waals surface area contributed by atoms with Crippen LogP contribution in [-0.2, 0) is 19.1 Å². The zero-order valence-corrected chi connectivity index (χ0v) is 17.8. The predicted molar refractivity (Wildman–Crippen MR) is 116 cm³/mol. The Morgan fingerprint density at radius 3 is 2.38 bits per heavy atom. The van der Waals surface area contributed by atoms with Gasteiger partial charge in [0, 0.05) is 12.5 Å². The number of fused-ring (bicyclic) bond motifs is 3. The van der Waals surface area contributed by atoms with Gasteiger partial charge in [-0.3, -0.25) is 9.59 Å². The van der Waals surface area contributed by atoms with Crippen LogP contribution in [0.3, 0.4) is 0 Å². The lowest BCUT2D eigenvalue weighted by molar-refractivity contribution is -0.147. The molecule has 168 valence electrons. The van der Waals surface area contributed by atoms with E-state index in [2.05, 4.69) is 17.4 Å². The number of nitrogens with zero attached hydrogens (tertiary/aromatic N) is 1. The highest BCUT2D eigenvalue weighted by Crippen LogP contribution is 2.44. The molecule has 2 unspecified atom stereocenters. The monoisotopic (exact) mass is 438 g/mol. The van der Waals surface area contributed by atoms with E-state index in [0.717, 1.165) is 22.3 Å². The number of nitrogens with one attached hydrogen (secondary N) is 1. The van der Waals surface area contributed by atoms with E-state index in [1.807, 2.05) is 36.4 Å². The van der Waals surface area contributed by atoms with Crippen LogP contribution in [0.2, 0.25) is 0 Å². The van der Waals surface area contributed by atoms with E-state index in [4.69, 9.17) is 14.6 Å². The number of alkyl carbamates (subject to hydrolysis) is 1. The smallest absolute Gasteiger partial charge is 0.407 e. The van der Waals surface area contributed by atoms with Crippen molar-refractivity contribution < 1.29 is 29.0 Å². The number of aliphatic carboxylic acids is 1. The quantitative estimate of drug-likeness (QED) is 0.718. The van der Waals surface area contributed by atoms with Gasteiger partial charge in [0.05, 0.1) is 25.7 Å². The van der Waals surface area contributed by atoms with Crippen LogP contribution in [0, 0.1) is 0 Å². The van der Waals surface area contributed by atoms with Crippen LogP contribution < -0.4 is 5.32 Å². The Morgan fingerprint density at radius 1 is 1.12 bits per heavy atom. The second-order valence-corrected chi connectivity index (χ2v) is 8.05. The first-order valence-corrected chi connectivity index (χ1v) is 10.7. The molecule has 1 heterocycles. The summed E-state index contributed by atoms with van der Waals surface area (Å²) in [5.74, 6) is -1.43. The number of ether oxygens (including phenoxy) is 2. The second kappa shape index (κ2) is 9.40. The Labute approximate surface area is 186 Å². The Morgan fingerprint density at radius 2 is 1.75 bits per heavy atom. The minimum Gasteiger partial charge on any atom is -0.481 e. The van der Waals surface area contributed by atoms with Gasteiger partial charge in [0.2, 0.25) is 5.91 Å². The van der Waals surface area contributed by atoms with Crippen molar-refractivity contribution in [3.8, 4) is 11.1 Å². The maximum Gasteiger partial charge on any atom is 0.407 e. The molecule has 0 radical (unpaired) electrons. The number of hydrogen-bond acceptors (Lipinski definition) is 5. The Bertz CT molecular complexity index is 978. The van der Waals surface area contributed by atoms with Gasteiger partial charge in [-0.1, -0.05) is 48.5 Å². The Hall–Kier alpha value is -3.39. The first-order valence-electron chi connectivity index (χ1n) is 10.7. The summed E-state index contributed by atoms with van der Waals surface area (Å²) in [7, 11) is 0. The fourth-order valence-corrected chi connectivity index (χ4v) is 4.44. The average Bonchev–Trinajstić information content (AvgIpc) is 3.11. The lowest BCUT2D eigenvalue weighted by Crippen LogP contribution is -2.55. The van der Waals surface area contributed by atoms with Crippen molar-refractivity contribution in [3.05, 3.63) is 59.7 Å². The summed E-state index contributed by atoms with van der Waals surface area (Å²) in [4.78, 5) is 37.8. The summed E-state index contributed by atoms with van der Waals surface area (Å²) in [6.45, 7) is 2.50. The molecule has 2 atom stereocenters. The number of carbonyl (C=O) groups excluding carboxylic acids is 2. The number of carboxylic acid groups (broad SMARTS) is 1. The number of carbonyl (C=O) groups is 3. The molecule has 8 heteroatoms. The van der Waals surface area contributed by atoms with Crippen LogP contribution in [0.4, 0.5) is 4.79 Å². The molecule has 2 amide bonds. The molecule has 2 aromatic carbocycles. The molecule has 32 heavy (non-hydrogen) atoms. The maximum absolute atomic E-state index is 12.8. The fourth-order valence-electron chi connectivity index (χ4n) is 4.44. The van der Waals surface area contributed by atoms with Crippen molar-refractivity contribution in [3.63, 3.8) is 0 Å². The molecule has 2 N–H and O–H groups in total. The molecular formula is C24H26N2O6. The molecule has 2 aromatic rings. The second-order valence-electron chi connectivity index (χ2n) is 8.05. The van der Waals surface area contributed by atoms with Crippen molar-refractivity contribution in [1.82, 2.24) is 10.2 Å². The first-order chi connectivity index (χ1) is 15.5. The third-order valence-electron chi connectivity index (χ3n) is 5.97. The van der Waals surface area contributed by atoms with E-state index < -0.39 is 24.1 Å². The van der Waals surface area contributed by atoms with E-state index in [1.165, 1.54) is 4.90 Å². The zero-order valence-electron chi connectivity index (χ0n) is 17.8. The number of hydrogen-bond donors (Lipinski definition) is 2. The molecule has 0 bridgehead atoms. The van der Waals surface area contributed by atoms with E-state index >= 15 is 0 Å². The molecule has 1 saturated heterocycles. The Kier molecular flexibility index (Phi) is 6.41. The van der Waals surface area contributed by atoms with Gasteiger partial charge >= 0.3 is 12.1 Å². The summed E-state index contributed by atoms with van der Waals surface area (Å²) in [5, 5.41) is 11.7. The van der Waals surface area contributed by atoms with Gasteiger partial charge in [0.15, 0.2) is 0 Å². The minimum absolute atomic E-state index is 0.0710. The van der Waals surface area contributed by atoms with Gasteiger partial charge < -0.3 is 24.8 Å². The van der Waals surface area contributed by atoms with Crippen molar-refractivity contribution in [2.24, 2.45) is 0 Å². The van der Waals surface area contributed by atoms with Crippen LogP contribution in [0.5, 0.6) is 0 Å². The van der Waals surface area contributed by atoms with E-state index in [9.17, 15) is 14.4 Å². The number of rotatable bonds is 6. The number of morpholine rings is 1. The summed E-state index contributed by atoms with van der Waals surface area (Å²) >= 11 is 0. The van der Waals surface area contributed by atoms with Crippen LogP contribution in [0.15, 0.2) is 48.5 Å². The highest BCUT2D eigenvalue weighted by Gasteiger charge is 2.33. The maximum atomic E-state index is 12.8. The average molecular weight is 438 g/mol. The van der Waals surface area contributed by atoms with Gasteiger partial charge in [-0.25, -0.2) is 4.79 Å². The lowest BCUT2D eigenvalue weighted by atomic mass is 9.98. The largest absolute Gasteiger partial charge is 0.481 e. The summed E-state index contributed by atoms with van der Waals surface area (Å²) in [6, 6.07) is 14.7. The molecule has 0 spiro atoms. The van der Waals surface area contributed by atoms with Crippen molar-refractivity contribution in [2.75, 3.05) is 26.4 Å². The molecule has 4 rings (SSSR count). The van der Waals surface area contributed by atoms with Crippen molar-refractivity contribution in [1.29, 1.82) is 0 Å². The van der Waals surface area contributed by atoms with Crippen LogP contribution in [-0.4, -0.2) is 66.4 Å². The zero-order chi connectivity index (χ0) is 22.7. The van der Waals surface area contributed by atoms with Crippen LogP contribution in [0.1, 0.15) is 30.4 Å². The normalized spacial score (nSPS) is 18.4. The lowest BCUT2D eigenvalue weighted by Gasteiger charge is -2.36. The number of carboxylic acids is 1. The van der Waals surface area contributed by atoms with Crippen molar-refractivity contribution in [2.45, 2.75) is 31.3 Å². The summed E-state index contributed by atoms with van der Waals surface area (Å²) < 4.78 is 10.8. The standard InChI is InChI=1S/C24H26N2O6/c1-15(23(29)26-10-11-31-13-16(26)12-22(27)28)25-24(30)32-14-21-19-8-4-2-6-17(19)18-7-3-5-9-20(18)21/h2-9,15-16,21H,10-14H2,1H3,(H,25,30)(H,27,28). The predicted octanol–water partition coefficient (Wildman–Crippen LogP) is 2.62. The highest BCUT2D eigenvalue weighted by molar-refractivity contribution is 5.86. The molecule has 1 fully saturated rings. The molecule has 8 nitrogen and oxygen atoms in total. The topological polar surface area (TPSA) is 105 Å². The SMILES string of the molecule is CC(NC(=O)OCC1c2ccccc2-c2ccccc21)C(=O)N1CCOCC1CC(=O)O. The third-order valence-corrected chi connectivity index (χ3v) is 5.97. The minimum atomic E-state index is -1.00. The van der Waals surface area contributed by atoms with Gasteiger partial charge in [-0.2, -0.15) is 0 Å². The summed E-state index contributed by atoms with van der Waals surface area (Å²) in [5.41, 5.74) is 4.49. The molecule has 1 aliphatic heterocycles. The van der Waals surface area contributed by atoms with E-state index in [1.54, 1.807) is 6.92 Å². The molecule has 0 saturated carbocycles. The molecule has 1 aliphatic carbocycles. The third kappa shape index (κ3) is 4.45. The summed E-state index contributed by atoms with van der Waals surface area (Å²) in [6.07, 6.45) is -0.889. The van der Waals surface area contributed by atoms with Crippen LogP contribution >= 0.6 is 0 Å². The van der Waals surface area contributed by atoms with Gasteiger partial charge in [0.1, 0.15) is 12.6 Å². The molecule has 0 aromatic heterocycles. The molecular weight excluding hydrogens is 412 g/mol. The van der Waals surface area contributed by atoms with E-state index in [0.29, 0.717) is 6.61 Å². The Balaban J connectivity index is 1.37. The van der Waals surface area contributed by atoms with E-state index in [-0.39, 0.29) is 38.0 Å². The van der Waals surface area contributed by atoms with Gasteiger partial charge in [0.25, 0.3) is 0 Å². The van der Waals surface area contributed by atoms with Gasteiger partial charge in [-0.05, 0) is 29.2 Å².